The van der Waals surface area contributed by atoms with Crippen LogP contribution in [0, 0.1) is 0 Å². The molecule has 6 rings (SSSR count). The first-order valence-corrected chi connectivity index (χ1v) is 27.3. The number of ether oxygens (including phenoxy) is 2. The molecule has 2 aliphatic rings. The molecule has 0 saturated carbocycles. The van der Waals surface area contributed by atoms with Crippen LogP contribution in [0.2, 0.25) is 9.36 Å². The Balaban J connectivity index is 1.46. The Morgan fingerprint density at radius 2 is 0.975 bits per heavy atom. The van der Waals surface area contributed by atoms with E-state index in [1.165, 1.54) is 44.5 Å². The van der Waals surface area contributed by atoms with Crippen molar-refractivity contribution in [1.29, 1.82) is 0 Å². The second-order valence-corrected chi connectivity index (χ2v) is 39.2. The van der Waals surface area contributed by atoms with Crippen molar-refractivity contribution in [2.75, 3.05) is 14.2 Å². The molecule has 202 valence electrons. The van der Waals surface area contributed by atoms with Gasteiger partial charge >= 0.3 is 241 Å². The molecule has 0 bridgehead atoms. The van der Waals surface area contributed by atoms with Gasteiger partial charge in [-0.3, -0.25) is 0 Å². The topological polar surface area (TPSA) is 18.5 Å². The van der Waals surface area contributed by atoms with Crippen LogP contribution in [-0.2, 0) is 18.0 Å². The summed E-state index contributed by atoms with van der Waals surface area (Å²) in [6, 6.07) is 30.7. The average Bonchev–Trinajstić information content (AvgIpc) is 3.63. The number of rotatable bonds is 6. The summed E-state index contributed by atoms with van der Waals surface area (Å²) in [5.74, 6) is 1.77. The summed E-state index contributed by atoms with van der Waals surface area (Å²) in [6.07, 6.45) is 9.89. The van der Waals surface area contributed by atoms with Gasteiger partial charge < -0.3 is 0 Å². The van der Waals surface area contributed by atoms with Crippen LogP contribution in [0.5, 0.6) is 11.5 Å². The Bertz CT molecular complexity index is 1610. The van der Waals surface area contributed by atoms with Crippen molar-refractivity contribution in [3.63, 3.8) is 0 Å². The van der Waals surface area contributed by atoms with Crippen LogP contribution in [0.25, 0.3) is 34.4 Å². The Hall–Kier alpha value is -3.30. The number of hydrogen-bond acceptors (Lipinski definition) is 2. The molecule has 2 aliphatic carbocycles. The first-order valence-electron chi connectivity index (χ1n) is 14.2. The second-order valence-electron chi connectivity index (χ2n) is 12.4. The van der Waals surface area contributed by atoms with Crippen LogP contribution in [0.1, 0.15) is 43.5 Å². The summed E-state index contributed by atoms with van der Waals surface area (Å²) in [4.78, 5) is 0. The van der Waals surface area contributed by atoms with Gasteiger partial charge in [-0.05, 0) is 0 Å². The molecule has 2 nitrogen and oxygen atoms in total. The van der Waals surface area contributed by atoms with Gasteiger partial charge in [-0.25, -0.2) is 0 Å². The van der Waals surface area contributed by atoms with E-state index in [-0.39, 0.29) is 0 Å². The zero-order chi connectivity index (χ0) is 28.1. The minimum atomic E-state index is -3.89. The molecule has 0 aliphatic heterocycles. The molecular formula is C37H38HfO2. The van der Waals surface area contributed by atoms with Crippen molar-refractivity contribution in [3.8, 4) is 33.8 Å². The SMILES string of the molecule is COc1ccc(-c2cccc3c2C=C[CH]3[Hf]([CH3])([CH3])(=[C](C)C)[CH]2C=Cc3c(-c4ccc(OC)cc4)cccc32)cc1. The molecule has 40 heavy (non-hydrogen) atoms. The number of fused-ring (bicyclic) bond motifs is 2. The van der Waals surface area contributed by atoms with Gasteiger partial charge in [0.15, 0.2) is 0 Å². The Kier molecular flexibility index (Phi) is 6.70. The number of hydrogen-bond donors (Lipinski definition) is 0. The molecule has 0 aromatic heterocycles. The summed E-state index contributed by atoms with van der Waals surface area (Å²) < 4.78 is 18.7. The molecule has 0 spiro atoms. The molecular weight excluding hydrogens is 655 g/mol. The van der Waals surface area contributed by atoms with Crippen LogP contribution in [-0.4, -0.2) is 17.5 Å². The van der Waals surface area contributed by atoms with E-state index in [9.17, 15) is 0 Å². The van der Waals surface area contributed by atoms with E-state index in [1.54, 1.807) is 17.5 Å². The second kappa shape index (κ2) is 9.96. The molecule has 2 unspecified atom stereocenters. The first kappa shape index (κ1) is 26.9. The third kappa shape index (κ3) is 4.05. The van der Waals surface area contributed by atoms with E-state index in [2.05, 4.69) is 132 Å². The number of methoxy groups -OCH3 is 2. The van der Waals surface area contributed by atoms with Crippen LogP contribution < -0.4 is 9.47 Å². The summed E-state index contributed by atoms with van der Waals surface area (Å²) in [6.45, 7) is 4.82. The molecule has 0 amide bonds. The van der Waals surface area contributed by atoms with Gasteiger partial charge in [-0.1, -0.05) is 0 Å². The van der Waals surface area contributed by atoms with Gasteiger partial charge in [0.25, 0.3) is 0 Å². The van der Waals surface area contributed by atoms with E-state index in [4.69, 9.17) is 9.47 Å². The summed E-state index contributed by atoms with van der Waals surface area (Å²) >= 11 is -3.89. The molecule has 0 radical (unpaired) electrons. The van der Waals surface area contributed by atoms with Crippen molar-refractivity contribution >= 4 is 15.4 Å². The normalized spacial score (nSPS) is 17.5. The van der Waals surface area contributed by atoms with Crippen molar-refractivity contribution in [2.24, 2.45) is 0 Å². The summed E-state index contributed by atoms with van der Waals surface area (Å²) in [5.41, 5.74) is 10.8. The summed E-state index contributed by atoms with van der Waals surface area (Å²) in [5, 5.41) is 0. The molecule has 2 atom stereocenters. The van der Waals surface area contributed by atoms with Gasteiger partial charge in [0.05, 0.1) is 0 Å². The van der Waals surface area contributed by atoms with Crippen molar-refractivity contribution in [3.05, 3.63) is 119 Å². The zero-order valence-corrected chi connectivity index (χ0v) is 28.0. The van der Waals surface area contributed by atoms with Crippen molar-refractivity contribution in [2.45, 2.75) is 30.6 Å². The van der Waals surface area contributed by atoms with Crippen molar-refractivity contribution in [1.82, 2.24) is 0 Å². The van der Waals surface area contributed by atoms with Gasteiger partial charge in [0.2, 0.25) is 0 Å². The predicted octanol–water partition coefficient (Wildman–Crippen LogP) is 9.87. The average molecular weight is 693 g/mol. The van der Waals surface area contributed by atoms with Crippen LogP contribution in [0.4, 0.5) is 0 Å². The van der Waals surface area contributed by atoms with Crippen LogP contribution in [0.3, 0.4) is 0 Å². The monoisotopic (exact) mass is 694 g/mol. The fourth-order valence-corrected chi connectivity index (χ4v) is 26.6. The van der Waals surface area contributed by atoms with E-state index in [0.717, 1.165) is 11.5 Å². The fourth-order valence-electron chi connectivity index (χ4n) is 7.08. The van der Waals surface area contributed by atoms with E-state index >= 15 is 0 Å². The zero-order valence-electron chi connectivity index (χ0n) is 24.4. The molecule has 3 heteroatoms. The Labute approximate surface area is 239 Å². The molecule has 0 N–H and O–H groups in total. The Morgan fingerprint density at radius 3 is 1.32 bits per heavy atom. The molecule has 4 aromatic rings. The Morgan fingerprint density at radius 1 is 0.575 bits per heavy atom. The molecule has 0 saturated heterocycles. The predicted molar refractivity (Wildman–Crippen MR) is 168 cm³/mol. The van der Waals surface area contributed by atoms with Gasteiger partial charge in [-0.15, -0.1) is 0 Å². The van der Waals surface area contributed by atoms with Gasteiger partial charge in [0, 0.05) is 0 Å². The maximum atomic E-state index is 5.41. The standard InChI is InChI=1S/2C16H13O.C3H6.2CH3.Hf/c2*1-17-14-10-8-13(9-11-14)16-7-3-5-12-4-2-6-15(12)16;1-3-2;;;/h2*2-11H,1H3;1-2H3;2*1H3;. The third-order valence-electron chi connectivity index (χ3n) is 10.2. The van der Waals surface area contributed by atoms with E-state index < -0.39 is 18.0 Å². The van der Waals surface area contributed by atoms with Crippen molar-refractivity contribution < 1.29 is 27.5 Å². The van der Waals surface area contributed by atoms with Crippen LogP contribution in [0.15, 0.2) is 97.1 Å². The summed E-state index contributed by atoms with van der Waals surface area (Å²) in [7, 11) is 3.44. The van der Waals surface area contributed by atoms with E-state index in [1.807, 2.05) is 0 Å². The van der Waals surface area contributed by atoms with Gasteiger partial charge in [0.1, 0.15) is 0 Å². The number of benzene rings is 4. The quantitative estimate of drug-likeness (QED) is 0.187. The number of allylic oxidation sites excluding steroid dienone is 2. The molecule has 0 fully saturated rings. The molecule has 0 heterocycles. The van der Waals surface area contributed by atoms with Gasteiger partial charge in [-0.2, -0.15) is 0 Å². The van der Waals surface area contributed by atoms with E-state index in [0.29, 0.717) is 7.35 Å². The van der Waals surface area contributed by atoms with Crippen LogP contribution >= 0.6 is 0 Å². The first-order chi connectivity index (χ1) is 19.3. The minimum absolute atomic E-state index is 0.445. The fraction of sp³-hybridized carbons (Fsp3) is 0.216. The maximum absolute atomic E-state index is 5.41. The molecule has 4 aromatic carbocycles. The third-order valence-corrected chi connectivity index (χ3v) is 38.9.